The lowest BCUT2D eigenvalue weighted by molar-refractivity contribution is -0.115. The second-order valence-corrected chi connectivity index (χ2v) is 6.20. The summed E-state index contributed by atoms with van der Waals surface area (Å²) in [5, 5.41) is 5.65. The van der Waals surface area contributed by atoms with E-state index in [1.54, 1.807) is 42.7 Å². The predicted molar refractivity (Wildman–Crippen MR) is 102 cm³/mol. The molecule has 0 radical (unpaired) electrons. The highest BCUT2D eigenvalue weighted by molar-refractivity contribution is 6.07. The zero-order chi connectivity index (χ0) is 18.6. The number of para-hydroxylation sites is 1. The van der Waals surface area contributed by atoms with Crippen LogP contribution in [-0.4, -0.2) is 16.8 Å². The first-order valence-corrected chi connectivity index (χ1v) is 8.54. The maximum atomic E-state index is 12.7. The molecular formula is C21H17N3O3. The van der Waals surface area contributed by atoms with Gasteiger partial charge in [-0.05, 0) is 42.0 Å². The first kappa shape index (κ1) is 16.8. The predicted octanol–water partition coefficient (Wildman–Crippen LogP) is 3.41. The minimum absolute atomic E-state index is 0.0392. The Kier molecular flexibility index (Phi) is 4.53. The summed E-state index contributed by atoms with van der Waals surface area (Å²) < 4.78 is 5.81. The van der Waals surface area contributed by atoms with Crippen molar-refractivity contribution in [2.24, 2.45) is 0 Å². The van der Waals surface area contributed by atoms with Crippen LogP contribution in [0.5, 0.6) is 5.75 Å². The van der Waals surface area contributed by atoms with Crippen molar-refractivity contribution >= 4 is 23.2 Å². The molecule has 1 aromatic heterocycles. The largest absolute Gasteiger partial charge is 0.488 e. The summed E-state index contributed by atoms with van der Waals surface area (Å²) >= 11 is 0. The van der Waals surface area contributed by atoms with Gasteiger partial charge < -0.3 is 15.4 Å². The van der Waals surface area contributed by atoms with Crippen LogP contribution in [0.25, 0.3) is 0 Å². The number of pyridine rings is 1. The molecule has 0 fully saturated rings. The number of amides is 2. The van der Waals surface area contributed by atoms with E-state index in [0.717, 1.165) is 16.8 Å². The summed E-state index contributed by atoms with van der Waals surface area (Å²) in [6, 6.07) is 16.2. The van der Waals surface area contributed by atoms with Gasteiger partial charge in [0.25, 0.3) is 5.91 Å². The van der Waals surface area contributed by atoms with Crippen molar-refractivity contribution in [1.82, 2.24) is 4.98 Å². The zero-order valence-electron chi connectivity index (χ0n) is 14.4. The number of fused-ring (bicyclic) bond motifs is 1. The summed E-state index contributed by atoms with van der Waals surface area (Å²) in [6.45, 7) is 0.324. The van der Waals surface area contributed by atoms with Gasteiger partial charge in [0.05, 0.1) is 12.0 Å². The Labute approximate surface area is 156 Å². The summed E-state index contributed by atoms with van der Waals surface area (Å²) in [5.41, 5.74) is 3.66. The molecule has 4 rings (SSSR count). The van der Waals surface area contributed by atoms with Crippen LogP contribution in [0.4, 0.5) is 11.4 Å². The molecule has 134 valence electrons. The monoisotopic (exact) mass is 359 g/mol. The number of aromatic nitrogens is 1. The fourth-order valence-electron chi connectivity index (χ4n) is 2.93. The Morgan fingerprint density at radius 1 is 1.15 bits per heavy atom. The van der Waals surface area contributed by atoms with Crippen molar-refractivity contribution in [3.05, 3.63) is 83.7 Å². The minimum Gasteiger partial charge on any atom is -0.488 e. The zero-order valence-corrected chi connectivity index (χ0v) is 14.4. The molecule has 0 bridgehead atoms. The molecule has 27 heavy (non-hydrogen) atoms. The van der Waals surface area contributed by atoms with E-state index in [-0.39, 0.29) is 11.8 Å². The second kappa shape index (κ2) is 7.29. The van der Waals surface area contributed by atoms with E-state index in [2.05, 4.69) is 15.6 Å². The van der Waals surface area contributed by atoms with Crippen LogP contribution in [-0.2, 0) is 17.8 Å². The van der Waals surface area contributed by atoms with Gasteiger partial charge in [0.1, 0.15) is 12.4 Å². The Morgan fingerprint density at radius 2 is 2.04 bits per heavy atom. The first-order chi connectivity index (χ1) is 13.2. The molecule has 0 atom stereocenters. The highest BCUT2D eigenvalue weighted by atomic mass is 16.5. The van der Waals surface area contributed by atoms with Crippen molar-refractivity contribution in [1.29, 1.82) is 0 Å². The average Bonchev–Trinajstić information content (AvgIpc) is 3.06. The minimum atomic E-state index is -0.269. The standard InChI is InChI=1S/C21H17N3O3/c25-20-11-15-10-16(7-8-18(15)24-20)23-21(26)17-5-1-2-6-19(17)27-13-14-4-3-9-22-12-14/h1-10,12H,11,13H2,(H,23,26)(H,24,25). The molecule has 6 nitrogen and oxygen atoms in total. The van der Waals surface area contributed by atoms with Gasteiger partial charge in [0, 0.05) is 29.3 Å². The molecule has 2 heterocycles. The molecule has 0 spiro atoms. The molecular weight excluding hydrogens is 342 g/mol. The Morgan fingerprint density at radius 3 is 2.89 bits per heavy atom. The number of rotatable bonds is 5. The fraction of sp³-hybridized carbons (Fsp3) is 0.0952. The van der Waals surface area contributed by atoms with Crippen molar-refractivity contribution < 1.29 is 14.3 Å². The number of ether oxygens (including phenoxy) is 1. The van der Waals surface area contributed by atoms with E-state index in [4.69, 9.17) is 4.74 Å². The van der Waals surface area contributed by atoms with Crippen LogP contribution in [0, 0.1) is 0 Å². The third kappa shape index (κ3) is 3.79. The third-order valence-electron chi connectivity index (χ3n) is 4.24. The number of nitrogens with one attached hydrogen (secondary N) is 2. The van der Waals surface area contributed by atoms with Gasteiger partial charge in [0.15, 0.2) is 0 Å². The Balaban J connectivity index is 1.49. The summed E-state index contributed by atoms with van der Waals surface area (Å²) in [4.78, 5) is 28.2. The highest BCUT2D eigenvalue weighted by Crippen LogP contribution is 2.27. The fourth-order valence-corrected chi connectivity index (χ4v) is 2.93. The number of benzene rings is 2. The maximum absolute atomic E-state index is 12.7. The van der Waals surface area contributed by atoms with Crippen LogP contribution in [0.3, 0.4) is 0 Å². The van der Waals surface area contributed by atoms with Crippen molar-refractivity contribution in [2.45, 2.75) is 13.0 Å². The normalized spacial score (nSPS) is 12.2. The average molecular weight is 359 g/mol. The first-order valence-electron chi connectivity index (χ1n) is 8.54. The molecule has 0 unspecified atom stereocenters. The summed E-state index contributed by atoms with van der Waals surface area (Å²) in [7, 11) is 0. The van der Waals surface area contributed by atoms with Crippen LogP contribution >= 0.6 is 0 Å². The molecule has 1 aliphatic heterocycles. The van der Waals surface area contributed by atoms with Crippen LogP contribution in [0.1, 0.15) is 21.5 Å². The van der Waals surface area contributed by atoms with E-state index < -0.39 is 0 Å². The topological polar surface area (TPSA) is 80.3 Å². The molecule has 0 aliphatic carbocycles. The van der Waals surface area contributed by atoms with Gasteiger partial charge >= 0.3 is 0 Å². The molecule has 6 heteroatoms. The maximum Gasteiger partial charge on any atom is 0.259 e. The molecule has 1 aliphatic rings. The second-order valence-electron chi connectivity index (χ2n) is 6.20. The van der Waals surface area contributed by atoms with E-state index in [1.807, 2.05) is 24.3 Å². The van der Waals surface area contributed by atoms with E-state index in [9.17, 15) is 9.59 Å². The molecule has 0 saturated carbocycles. The molecule has 2 N–H and O–H groups in total. The van der Waals surface area contributed by atoms with Crippen molar-refractivity contribution in [3.63, 3.8) is 0 Å². The lowest BCUT2D eigenvalue weighted by Gasteiger charge is -2.12. The molecule has 2 amide bonds. The Bertz CT molecular complexity index is 1000. The van der Waals surface area contributed by atoms with Crippen molar-refractivity contribution in [2.75, 3.05) is 10.6 Å². The van der Waals surface area contributed by atoms with Gasteiger partial charge in [-0.3, -0.25) is 14.6 Å². The smallest absolute Gasteiger partial charge is 0.259 e. The lowest BCUT2D eigenvalue weighted by Crippen LogP contribution is -2.13. The number of carbonyl (C=O) groups excluding carboxylic acids is 2. The van der Waals surface area contributed by atoms with Gasteiger partial charge in [-0.15, -0.1) is 0 Å². The van der Waals surface area contributed by atoms with Gasteiger partial charge in [-0.1, -0.05) is 18.2 Å². The number of carbonyl (C=O) groups is 2. The van der Waals surface area contributed by atoms with Gasteiger partial charge in [-0.25, -0.2) is 0 Å². The van der Waals surface area contributed by atoms with E-state index in [0.29, 0.717) is 30.0 Å². The molecule has 3 aromatic rings. The lowest BCUT2D eigenvalue weighted by atomic mass is 10.1. The number of hydrogen-bond acceptors (Lipinski definition) is 4. The van der Waals surface area contributed by atoms with E-state index in [1.165, 1.54) is 0 Å². The number of nitrogens with zero attached hydrogens (tertiary/aromatic N) is 1. The van der Waals surface area contributed by atoms with Gasteiger partial charge in [-0.2, -0.15) is 0 Å². The van der Waals surface area contributed by atoms with Crippen LogP contribution in [0.15, 0.2) is 67.0 Å². The third-order valence-corrected chi connectivity index (χ3v) is 4.24. The van der Waals surface area contributed by atoms with Crippen molar-refractivity contribution in [3.8, 4) is 5.75 Å². The van der Waals surface area contributed by atoms with Crippen LogP contribution in [0.2, 0.25) is 0 Å². The molecule has 0 saturated heterocycles. The van der Waals surface area contributed by atoms with E-state index >= 15 is 0 Å². The Hall–Kier alpha value is -3.67. The van der Waals surface area contributed by atoms with Crippen LogP contribution < -0.4 is 15.4 Å². The van der Waals surface area contributed by atoms with Gasteiger partial charge in [0.2, 0.25) is 5.91 Å². The number of hydrogen-bond donors (Lipinski definition) is 2. The molecule has 2 aromatic carbocycles. The SMILES string of the molecule is O=C1Cc2cc(NC(=O)c3ccccc3OCc3cccnc3)ccc2N1. The quantitative estimate of drug-likeness (QED) is 0.732. The summed E-state index contributed by atoms with van der Waals surface area (Å²) in [6.07, 6.45) is 3.75. The number of anilines is 2. The summed E-state index contributed by atoms with van der Waals surface area (Å²) in [5.74, 6) is 0.188. The highest BCUT2D eigenvalue weighted by Gasteiger charge is 2.19.